The Hall–Kier alpha value is -0.890. The number of Topliss-reactive ketones (excluding diaryl/α,β-unsaturated/α-hetero) is 1. The first-order chi connectivity index (χ1) is 9.88. The van der Waals surface area contributed by atoms with Crippen molar-refractivity contribution in [3.63, 3.8) is 0 Å². The van der Waals surface area contributed by atoms with Crippen molar-refractivity contribution in [2.24, 2.45) is 23.7 Å². The monoisotopic (exact) mass is 286 g/mol. The zero-order valence-electron chi connectivity index (χ0n) is 13.4. The van der Waals surface area contributed by atoms with Crippen LogP contribution in [0.5, 0.6) is 0 Å². The molecule has 0 spiro atoms. The average Bonchev–Trinajstić information content (AvgIpc) is 2.97. The largest absolute Gasteiger partial charge is 0.367 e. The van der Waals surface area contributed by atoms with Crippen LogP contribution in [-0.4, -0.2) is 17.5 Å². The van der Waals surface area contributed by atoms with Gasteiger partial charge in [0, 0.05) is 12.3 Å². The summed E-state index contributed by atoms with van der Waals surface area (Å²) in [5.74, 6) is 2.67. The fraction of sp³-hybridized carbons (Fsp3) is 0.737. The number of ketones is 1. The quantitative estimate of drug-likeness (QED) is 0.628. The van der Waals surface area contributed by atoms with Crippen molar-refractivity contribution in [1.82, 2.24) is 0 Å². The predicted molar refractivity (Wildman–Crippen MR) is 82.8 cm³/mol. The Kier molecular flexibility index (Phi) is 2.83. The van der Waals surface area contributed by atoms with Gasteiger partial charge in [-0.25, -0.2) is 0 Å². The maximum atomic E-state index is 12.6. The Morgan fingerprint density at radius 3 is 2.71 bits per heavy atom. The number of allylic oxidation sites excluding steroid dienone is 1. The summed E-state index contributed by atoms with van der Waals surface area (Å²) in [5, 5.41) is 0. The van der Waals surface area contributed by atoms with E-state index in [1.807, 2.05) is 0 Å². The molecule has 1 saturated carbocycles. The Balaban J connectivity index is 1.80. The van der Waals surface area contributed by atoms with Crippen molar-refractivity contribution in [2.75, 3.05) is 0 Å². The summed E-state index contributed by atoms with van der Waals surface area (Å²) in [5.41, 5.74) is 3.68. The lowest BCUT2D eigenvalue weighted by molar-refractivity contribution is -0.117. The summed E-state index contributed by atoms with van der Waals surface area (Å²) in [6.45, 7) is 11.1. The topological polar surface area (TPSA) is 26.3 Å². The molecular weight excluding hydrogens is 260 g/mol. The highest BCUT2D eigenvalue weighted by molar-refractivity contribution is 6.00. The number of carbonyl (C=O) groups excluding carboxylic acids is 1. The molecule has 5 atom stereocenters. The average molecular weight is 286 g/mol. The van der Waals surface area contributed by atoms with Crippen molar-refractivity contribution >= 4 is 5.78 Å². The molecule has 2 fully saturated rings. The van der Waals surface area contributed by atoms with Crippen LogP contribution in [0.4, 0.5) is 0 Å². The van der Waals surface area contributed by atoms with Crippen LogP contribution < -0.4 is 0 Å². The zero-order chi connectivity index (χ0) is 14.9. The van der Waals surface area contributed by atoms with Crippen LogP contribution in [0.15, 0.2) is 23.3 Å². The molecule has 0 bridgehead atoms. The molecule has 21 heavy (non-hydrogen) atoms. The lowest BCUT2D eigenvalue weighted by atomic mass is 9.75. The van der Waals surface area contributed by atoms with Gasteiger partial charge in [-0.3, -0.25) is 4.79 Å². The maximum absolute atomic E-state index is 12.6. The summed E-state index contributed by atoms with van der Waals surface area (Å²) in [4.78, 5) is 12.6. The Labute approximate surface area is 127 Å². The number of carbonyl (C=O) groups is 1. The minimum Gasteiger partial charge on any atom is -0.367 e. The third kappa shape index (κ3) is 1.84. The fourth-order valence-corrected chi connectivity index (χ4v) is 5.47. The van der Waals surface area contributed by atoms with Crippen LogP contribution >= 0.6 is 0 Å². The standard InChI is InChI=1S/C19H26O2/c1-10-5-6-12-11(2)7-17-18-14(8-13(10)12)16(20)9-15(18)19(3,4)21-17/h10,12-13,15,17H,2,5-9H2,1,3-4H3/t10-,12+,13+,15+,17+/m1/s1. The van der Waals surface area contributed by atoms with Gasteiger partial charge in [-0.15, -0.1) is 0 Å². The summed E-state index contributed by atoms with van der Waals surface area (Å²) >= 11 is 0. The van der Waals surface area contributed by atoms with E-state index in [1.165, 1.54) is 24.0 Å². The Morgan fingerprint density at radius 2 is 1.95 bits per heavy atom. The van der Waals surface area contributed by atoms with Crippen LogP contribution in [0, 0.1) is 23.7 Å². The molecule has 0 unspecified atom stereocenters. The maximum Gasteiger partial charge on any atom is 0.159 e. The van der Waals surface area contributed by atoms with E-state index >= 15 is 0 Å². The molecule has 3 aliphatic carbocycles. The number of rotatable bonds is 0. The highest BCUT2D eigenvalue weighted by atomic mass is 16.5. The highest BCUT2D eigenvalue weighted by Crippen LogP contribution is 2.55. The van der Waals surface area contributed by atoms with Gasteiger partial charge in [-0.05, 0) is 68.4 Å². The van der Waals surface area contributed by atoms with Crippen LogP contribution in [0.3, 0.4) is 0 Å². The molecule has 1 saturated heterocycles. The van der Waals surface area contributed by atoms with E-state index in [2.05, 4.69) is 27.4 Å². The van der Waals surface area contributed by atoms with Gasteiger partial charge in [-0.2, -0.15) is 0 Å². The van der Waals surface area contributed by atoms with Crippen molar-refractivity contribution in [1.29, 1.82) is 0 Å². The first kappa shape index (κ1) is 13.8. The van der Waals surface area contributed by atoms with Crippen LogP contribution in [0.2, 0.25) is 0 Å². The van der Waals surface area contributed by atoms with Crippen LogP contribution in [-0.2, 0) is 9.53 Å². The molecule has 4 aliphatic rings. The minimum atomic E-state index is -0.192. The van der Waals surface area contributed by atoms with Crippen molar-refractivity contribution in [3.05, 3.63) is 23.3 Å². The molecule has 0 aromatic rings. The molecule has 1 aliphatic heterocycles. The molecule has 0 aromatic heterocycles. The van der Waals surface area contributed by atoms with Crippen molar-refractivity contribution in [2.45, 2.75) is 64.6 Å². The zero-order valence-corrected chi connectivity index (χ0v) is 13.4. The summed E-state index contributed by atoms with van der Waals surface area (Å²) < 4.78 is 6.35. The lowest BCUT2D eigenvalue weighted by Gasteiger charge is -2.30. The lowest BCUT2D eigenvalue weighted by Crippen LogP contribution is -2.29. The minimum absolute atomic E-state index is 0.121. The summed E-state index contributed by atoms with van der Waals surface area (Å²) in [6, 6.07) is 0. The Morgan fingerprint density at radius 1 is 1.19 bits per heavy atom. The van der Waals surface area contributed by atoms with Gasteiger partial charge in [0.2, 0.25) is 0 Å². The van der Waals surface area contributed by atoms with Crippen LogP contribution in [0.1, 0.15) is 52.9 Å². The number of fused-ring (bicyclic) bond motifs is 1. The van der Waals surface area contributed by atoms with Gasteiger partial charge in [-0.1, -0.05) is 19.1 Å². The van der Waals surface area contributed by atoms with Gasteiger partial charge in [0.1, 0.15) is 0 Å². The van der Waals surface area contributed by atoms with Gasteiger partial charge in [0.05, 0.1) is 11.7 Å². The first-order valence-electron chi connectivity index (χ1n) is 8.50. The second kappa shape index (κ2) is 4.32. The van der Waals surface area contributed by atoms with Gasteiger partial charge < -0.3 is 4.74 Å². The molecule has 2 nitrogen and oxygen atoms in total. The third-order valence-electron chi connectivity index (χ3n) is 6.67. The summed E-state index contributed by atoms with van der Waals surface area (Å²) in [7, 11) is 0. The van der Waals surface area contributed by atoms with Crippen molar-refractivity contribution < 1.29 is 9.53 Å². The van der Waals surface area contributed by atoms with E-state index < -0.39 is 0 Å². The smallest absolute Gasteiger partial charge is 0.159 e. The highest BCUT2D eigenvalue weighted by Gasteiger charge is 2.53. The van der Waals surface area contributed by atoms with E-state index in [9.17, 15) is 4.79 Å². The predicted octanol–water partition coefficient (Wildman–Crippen LogP) is 4.06. The number of ether oxygens (including phenoxy) is 1. The first-order valence-corrected chi connectivity index (χ1v) is 8.50. The molecule has 0 amide bonds. The van der Waals surface area contributed by atoms with E-state index in [0.717, 1.165) is 24.3 Å². The molecule has 0 radical (unpaired) electrons. The molecule has 0 aromatic carbocycles. The molecule has 2 heteroatoms. The second-order valence-corrected chi connectivity index (χ2v) is 8.22. The van der Waals surface area contributed by atoms with Gasteiger partial charge >= 0.3 is 0 Å². The molecule has 4 rings (SSSR count). The van der Waals surface area contributed by atoms with E-state index in [-0.39, 0.29) is 11.7 Å². The second-order valence-electron chi connectivity index (χ2n) is 8.22. The van der Waals surface area contributed by atoms with Gasteiger partial charge in [0.25, 0.3) is 0 Å². The van der Waals surface area contributed by atoms with E-state index in [4.69, 9.17) is 4.74 Å². The molecule has 114 valence electrons. The van der Waals surface area contributed by atoms with Crippen molar-refractivity contribution in [3.8, 4) is 0 Å². The fourth-order valence-electron chi connectivity index (χ4n) is 5.47. The Bertz CT molecular complexity index is 554. The van der Waals surface area contributed by atoms with E-state index in [0.29, 0.717) is 30.0 Å². The van der Waals surface area contributed by atoms with Gasteiger partial charge in [0.15, 0.2) is 5.78 Å². The third-order valence-corrected chi connectivity index (χ3v) is 6.67. The SMILES string of the molecule is C=C1C[C@@H]2OC(C)(C)[C@H]3CC(=O)C(=C23)C[C@H]2[C@H](C)CC[C@@H]12. The summed E-state index contributed by atoms with van der Waals surface area (Å²) in [6.07, 6.45) is 5.24. The normalized spacial score (nSPS) is 44.6. The van der Waals surface area contributed by atoms with Crippen LogP contribution in [0.25, 0.3) is 0 Å². The number of hydrogen-bond donors (Lipinski definition) is 0. The molecular formula is C19H26O2. The number of hydrogen-bond acceptors (Lipinski definition) is 2. The van der Waals surface area contributed by atoms with E-state index in [1.54, 1.807) is 0 Å². The molecule has 1 heterocycles. The molecule has 0 N–H and O–H groups in total.